The highest BCUT2D eigenvalue weighted by Gasteiger charge is 2.77. The van der Waals surface area contributed by atoms with Crippen molar-refractivity contribution >= 4 is 45.1 Å². The van der Waals surface area contributed by atoms with Crippen molar-refractivity contribution in [3.63, 3.8) is 0 Å². The summed E-state index contributed by atoms with van der Waals surface area (Å²) in [5.41, 5.74) is 0.610. The zero-order valence-corrected chi connectivity index (χ0v) is 27.0. The van der Waals surface area contributed by atoms with Crippen LogP contribution in [0.25, 0.3) is 0 Å². The maximum atomic E-state index is 14.7. The zero-order valence-electron chi connectivity index (χ0n) is 25.5. The predicted molar refractivity (Wildman–Crippen MR) is 171 cm³/mol. The molecule has 4 rings (SSSR count). The fourth-order valence-corrected chi connectivity index (χ4v) is 7.96. The number of allylic oxidation sites excluding steroid dienone is 1. The third-order valence-electron chi connectivity index (χ3n) is 9.02. The van der Waals surface area contributed by atoms with Gasteiger partial charge in [-0.1, -0.05) is 28.1 Å². The summed E-state index contributed by atoms with van der Waals surface area (Å²) in [4.78, 5) is 47.7. The number of amides is 2. The molecule has 10 heteroatoms. The number of rotatable bonds is 17. The highest BCUT2D eigenvalue weighted by molar-refractivity contribution is 9.09. The number of carbonyl (C=O) groups is 3. The smallest absolute Gasteiger partial charge is 0.312 e. The van der Waals surface area contributed by atoms with Gasteiger partial charge in [-0.25, -0.2) is 0 Å². The van der Waals surface area contributed by atoms with E-state index < -0.39 is 35.6 Å². The van der Waals surface area contributed by atoms with Gasteiger partial charge in [0.2, 0.25) is 5.91 Å². The first-order valence-electron chi connectivity index (χ1n) is 15.6. The van der Waals surface area contributed by atoms with Gasteiger partial charge in [-0.05, 0) is 76.6 Å². The Kier molecular flexibility index (Phi) is 11.5. The molecule has 3 heterocycles. The molecule has 0 aliphatic carbocycles. The van der Waals surface area contributed by atoms with E-state index in [1.165, 1.54) is 0 Å². The summed E-state index contributed by atoms with van der Waals surface area (Å²) in [5, 5.41) is 9.30. The number of ether oxygens (including phenoxy) is 2. The Hall–Kier alpha value is -2.69. The SMILES string of the molecule is C=CCCCOC(=O)[C@H]1[C@H]2C(=O)N(CCCCCO)C(C(=O)N(CC=C)c3ccc(N(CC)CC)cc3)C23CC(Br)[C@@H]1O3. The van der Waals surface area contributed by atoms with Crippen molar-refractivity contribution < 1.29 is 29.0 Å². The summed E-state index contributed by atoms with van der Waals surface area (Å²) in [7, 11) is 0. The lowest BCUT2D eigenvalue weighted by Crippen LogP contribution is -2.57. The van der Waals surface area contributed by atoms with Gasteiger partial charge in [0.25, 0.3) is 5.91 Å². The highest BCUT2D eigenvalue weighted by Crippen LogP contribution is 2.60. The third kappa shape index (κ3) is 6.42. The standard InChI is InChI=1S/C33H46BrN3O6/c1-5-9-13-21-42-32(41)26-27-30(39)37(19-11-10-12-20-38)29(33(27)22-25(34)28(26)43-33)31(40)36(18-6-2)24-16-14-23(15-17-24)35(7-3)8-4/h5-6,14-17,25-29,38H,1-2,7-13,18-22H2,3-4H3/t25?,26-,27-,28-,29?,33?/m0/s1. The number of aliphatic hydroxyl groups excluding tert-OH is 1. The summed E-state index contributed by atoms with van der Waals surface area (Å²) in [6.45, 7) is 14.4. The van der Waals surface area contributed by atoms with E-state index in [4.69, 9.17) is 9.47 Å². The van der Waals surface area contributed by atoms with Crippen LogP contribution in [0.4, 0.5) is 11.4 Å². The summed E-state index contributed by atoms with van der Waals surface area (Å²) in [5.74, 6) is -2.56. The van der Waals surface area contributed by atoms with Gasteiger partial charge in [-0.15, -0.1) is 13.2 Å². The number of hydrogen-bond acceptors (Lipinski definition) is 7. The van der Waals surface area contributed by atoms with Crippen LogP contribution in [0.5, 0.6) is 0 Å². The van der Waals surface area contributed by atoms with Crippen molar-refractivity contribution in [3.05, 3.63) is 49.6 Å². The predicted octanol–water partition coefficient (Wildman–Crippen LogP) is 4.47. The topological polar surface area (TPSA) is 99.6 Å². The number of likely N-dealkylation sites (tertiary alicyclic amines) is 1. The van der Waals surface area contributed by atoms with Crippen LogP contribution in [0, 0.1) is 11.8 Å². The Morgan fingerprint density at radius 3 is 2.44 bits per heavy atom. The zero-order chi connectivity index (χ0) is 31.1. The Balaban J connectivity index is 1.69. The number of unbranched alkanes of at least 4 members (excludes halogenated alkanes) is 3. The van der Waals surface area contributed by atoms with E-state index >= 15 is 0 Å². The Bertz CT molecular complexity index is 1160. The number of alkyl halides is 1. The second-order valence-corrected chi connectivity index (χ2v) is 12.7. The number of halogens is 1. The van der Waals surface area contributed by atoms with Gasteiger partial charge in [0.15, 0.2) is 0 Å². The molecule has 3 aliphatic rings. The number of nitrogens with zero attached hydrogens (tertiary/aromatic N) is 3. The van der Waals surface area contributed by atoms with Crippen LogP contribution < -0.4 is 9.80 Å². The first-order chi connectivity index (χ1) is 20.8. The van der Waals surface area contributed by atoms with Crippen LogP contribution >= 0.6 is 15.9 Å². The van der Waals surface area contributed by atoms with E-state index in [1.807, 2.05) is 24.3 Å². The molecule has 2 bridgehead atoms. The van der Waals surface area contributed by atoms with Gasteiger partial charge < -0.3 is 29.3 Å². The molecule has 9 nitrogen and oxygen atoms in total. The quantitative estimate of drug-likeness (QED) is 0.114. The maximum Gasteiger partial charge on any atom is 0.312 e. The number of anilines is 2. The molecule has 6 atom stereocenters. The Morgan fingerprint density at radius 2 is 1.81 bits per heavy atom. The molecule has 43 heavy (non-hydrogen) atoms. The third-order valence-corrected chi connectivity index (χ3v) is 9.86. The van der Waals surface area contributed by atoms with E-state index in [2.05, 4.69) is 47.8 Å². The van der Waals surface area contributed by atoms with Gasteiger partial charge in [-0.3, -0.25) is 14.4 Å². The van der Waals surface area contributed by atoms with E-state index in [0.29, 0.717) is 44.3 Å². The van der Waals surface area contributed by atoms with Gasteiger partial charge in [0, 0.05) is 49.0 Å². The molecule has 0 saturated carbocycles. The van der Waals surface area contributed by atoms with E-state index in [-0.39, 0.29) is 36.4 Å². The summed E-state index contributed by atoms with van der Waals surface area (Å²) >= 11 is 3.72. The Morgan fingerprint density at radius 1 is 1.12 bits per heavy atom. The average molecular weight is 661 g/mol. The van der Waals surface area contributed by atoms with Crippen LogP contribution in [0.1, 0.15) is 52.4 Å². The molecule has 0 radical (unpaired) electrons. The number of fused-ring (bicyclic) bond motifs is 1. The second-order valence-electron chi connectivity index (χ2n) is 11.5. The van der Waals surface area contributed by atoms with Crippen molar-refractivity contribution in [2.45, 2.75) is 74.9 Å². The van der Waals surface area contributed by atoms with Gasteiger partial charge in [0.1, 0.15) is 11.6 Å². The number of aliphatic hydroxyl groups is 1. The Labute approximate surface area is 264 Å². The molecule has 0 aromatic heterocycles. The van der Waals surface area contributed by atoms with Crippen LogP contribution in [0.2, 0.25) is 0 Å². The highest BCUT2D eigenvalue weighted by atomic mass is 79.9. The molecule has 1 N–H and O–H groups in total. The van der Waals surface area contributed by atoms with Crippen molar-refractivity contribution in [2.24, 2.45) is 11.8 Å². The molecule has 2 amide bonds. The molecule has 1 spiro atoms. The minimum absolute atomic E-state index is 0.0648. The van der Waals surface area contributed by atoms with E-state index in [0.717, 1.165) is 25.2 Å². The lowest BCUT2D eigenvalue weighted by molar-refractivity contribution is -0.155. The molecule has 236 valence electrons. The van der Waals surface area contributed by atoms with Crippen LogP contribution in [0.15, 0.2) is 49.6 Å². The number of esters is 1. The molecule has 3 fully saturated rings. The number of hydrogen-bond donors (Lipinski definition) is 1. The fourth-order valence-electron chi connectivity index (χ4n) is 7.02. The van der Waals surface area contributed by atoms with Crippen molar-refractivity contribution in [1.82, 2.24) is 4.90 Å². The molecule has 3 unspecified atom stereocenters. The van der Waals surface area contributed by atoms with Crippen LogP contribution in [-0.4, -0.2) is 89.8 Å². The largest absolute Gasteiger partial charge is 0.465 e. The minimum Gasteiger partial charge on any atom is -0.465 e. The van der Waals surface area contributed by atoms with Crippen molar-refractivity contribution in [2.75, 3.05) is 49.2 Å². The van der Waals surface area contributed by atoms with Crippen LogP contribution in [0.3, 0.4) is 0 Å². The normalized spacial score (nSPS) is 27.2. The average Bonchev–Trinajstić information content (AvgIpc) is 3.60. The maximum absolute atomic E-state index is 14.7. The van der Waals surface area contributed by atoms with Gasteiger partial charge in [-0.2, -0.15) is 0 Å². The summed E-state index contributed by atoms with van der Waals surface area (Å²) in [6.07, 6.45) is 6.63. The summed E-state index contributed by atoms with van der Waals surface area (Å²) in [6, 6.07) is 6.95. The lowest BCUT2D eigenvalue weighted by Gasteiger charge is -2.37. The minimum atomic E-state index is -1.16. The van der Waals surface area contributed by atoms with Crippen molar-refractivity contribution in [3.8, 4) is 0 Å². The summed E-state index contributed by atoms with van der Waals surface area (Å²) < 4.78 is 12.2. The van der Waals surface area contributed by atoms with Crippen molar-refractivity contribution in [1.29, 1.82) is 0 Å². The van der Waals surface area contributed by atoms with Gasteiger partial charge >= 0.3 is 5.97 Å². The van der Waals surface area contributed by atoms with E-state index in [9.17, 15) is 19.5 Å². The molecule has 3 aliphatic heterocycles. The lowest BCUT2D eigenvalue weighted by atomic mass is 9.70. The number of benzene rings is 1. The van der Waals surface area contributed by atoms with Crippen LogP contribution in [-0.2, 0) is 23.9 Å². The monoisotopic (exact) mass is 659 g/mol. The van der Waals surface area contributed by atoms with E-state index in [1.54, 1.807) is 22.0 Å². The molecule has 3 saturated heterocycles. The molecule has 1 aromatic carbocycles. The van der Waals surface area contributed by atoms with Gasteiger partial charge in [0.05, 0.1) is 24.5 Å². The number of carbonyl (C=O) groups excluding carboxylic acids is 3. The fraction of sp³-hybridized carbons (Fsp3) is 0.606. The second kappa shape index (κ2) is 14.9. The molecular weight excluding hydrogens is 614 g/mol. The first-order valence-corrected chi connectivity index (χ1v) is 16.5. The molecule has 1 aromatic rings. The first kappa shape index (κ1) is 33.2. The molecular formula is C33H46BrN3O6.